The highest BCUT2D eigenvalue weighted by molar-refractivity contribution is 5.76. The van der Waals surface area contributed by atoms with E-state index in [0.29, 0.717) is 18.5 Å². The van der Waals surface area contributed by atoms with Gasteiger partial charge in [-0.3, -0.25) is 4.79 Å². The molecule has 1 aliphatic rings. The molecular weight excluding hydrogens is 396 g/mol. The Kier molecular flexibility index (Phi) is 8.15. The van der Waals surface area contributed by atoms with E-state index >= 15 is 0 Å². The van der Waals surface area contributed by atoms with Crippen LogP contribution in [0.1, 0.15) is 61.4 Å². The van der Waals surface area contributed by atoms with E-state index in [9.17, 15) is 13.6 Å². The van der Waals surface area contributed by atoms with Gasteiger partial charge >= 0.3 is 0 Å². The maximum absolute atomic E-state index is 13.6. The van der Waals surface area contributed by atoms with Crippen molar-refractivity contribution >= 4 is 5.91 Å². The van der Waals surface area contributed by atoms with Crippen molar-refractivity contribution < 1.29 is 13.6 Å². The van der Waals surface area contributed by atoms with Crippen molar-refractivity contribution in [3.05, 3.63) is 70.3 Å². The normalized spacial score (nSPS) is 17.6. The zero-order valence-corrected chi connectivity index (χ0v) is 18.4. The number of nitrogens with two attached hydrogens (primary N) is 1. The Bertz CT molecular complexity index is 882. The molecule has 6 heteroatoms. The van der Waals surface area contributed by atoms with Crippen molar-refractivity contribution in [2.24, 2.45) is 5.73 Å². The standard InChI is InChI=1S/C25H33F2N3O/c1-3-16-8-9-18-6-5-7-23(21(18)12-16)29-15-22(28)24(30-25(31)4-2)13-17-10-19(26)14-20(27)11-17/h8-12,14,22-24,29H,3-7,13,15,28H2,1-2H3,(H,30,31). The average Bonchev–Trinajstić information content (AvgIpc) is 2.75. The molecule has 31 heavy (non-hydrogen) atoms. The summed E-state index contributed by atoms with van der Waals surface area (Å²) in [6, 6.07) is 9.52. The third-order valence-corrected chi connectivity index (χ3v) is 6.10. The number of nitrogens with one attached hydrogen (secondary N) is 2. The fourth-order valence-electron chi connectivity index (χ4n) is 4.30. The number of hydrogen-bond donors (Lipinski definition) is 3. The fourth-order valence-corrected chi connectivity index (χ4v) is 4.30. The van der Waals surface area contributed by atoms with E-state index in [1.165, 1.54) is 28.8 Å². The maximum atomic E-state index is 13.6. The number of fused-ring (bicyclic) bond motifs is 1. The lowest BCUT2D eigenvalue weighted by molar-refractivity contribution is -0.121. The van der Waals surface area contributed by atoms with Crippen LogP contribution < -0.4 is 16.4 Å². The molecule has 0 heterocycles. The number of benzene rings is 2. The number of carbonyl (C=O) groups is 1. The van der Waals surface area contributed by atoms with Crippen molar-refractivity contribution in [1.29, 1.82) is 0 Å². The number of hydrogen-bond acceptors (Lipinski definition) is 3. The second-order valence-electron chi connectivity index (χ2n) is 8.41. The molecule has 0 aromatic heterocycles. The van der Waals surface area contributed by atoms with Gasteiger partial charge in [-0.05, 0) is 66.5 Å². The van der Waals surface area contributed by atoms with Crippen LogP contribution in [0.3, 0.4) is 0 Å². The predicted octanol–water partition coefficient (Wildman–Crippen LogP) is 3.96. The first kappa shape index (κ1) is 23.4. The van der Waals surface area contributed by atoms with Crippen molar-refractivity contribution in [2.75, 3.05) is 6.54 Å². The summed E-state index contributed by atoms with van der Waals surface area (Å²) < 4.78 is 27.3. The smallest absolute Gasteiger partial charge is 0.219 e. The van der Waals surface area contributed by atoms with Gasteiger partial charge < -0.3 is 16.4 Å². The highest BCUT2D eigenvalue weighted by Crippen LogP contribution is 2.30. The number of rotatable bonds is 9. The molecule has 3 unspecified atom stereocenters. The van der Waals surface area contributed by atoms with Crippen LogP contribution in [-0.4, -0.2) is 24.5 Å². The van der Waals surface area contributed by atoms with Gasteiger partial charge in [-0.1, -0.05) is 32.0 Å². The van der Waals surface area contributed by atoms with Gasteiger partial charge in [-0.2, -0.15) is 0 Å². The highest BCUT2D eigenvalue weighted by Gasteiger charge is 2.24. The van der Waals surface area contributed by atoms with E-state index in [0.717, 1.165) is 31.7 Å². The number of amides is 1. The number of aryl methyl sites for hydroxylation is 2. The minimum absolute atomic E-state index is 0.132. The van der Waals surface area contributed by atoms with Crippen LogP contribution in [0.15, 0.2) is 36.4 Å². The summed E-state index contributed by atoms with van der Waals surface area (Å²) in [7, 11) is 0. The molecular formula is C25H33F2N3O. The fraction of sp³-hybridized carbons (Fsp3) is 0.480. The van der Waals surface area contributed by atoms with Gasteiger partial charge in [0.2, 0.25) is 5.91 Å². The van der Waals surface area contributed by atoms with E-state index in [1.807, 2.05) is 0 Å². The van der Waals surface area contributed by atoms with Crippen LogP contribution in [-0.2, 0) is 24.1 Å². The zero-order valence-electron chi connectivity index (χ0n) is 18.4. The molecule has 4 nitrogen and oxygen atoms in total. The third-order valence-electron chi connectivity index (χ3n) is 6.10. The van der Waals surface area contributed by atoms with Crippen LogP contribution in [0.2, 0.25) is 0 Å². The van der Waals surface area contributed by atoms with Crippen molar-refractivity contribution in [3.63, 3.8) is 0 Å². The summed E-state index contributed by atoms with van der Waals surface area (Å²) in [5, 5.41) is 6.51. The molecule has 3 rings (SSSR count). The third kappa shape index (κ3) is 6.34. The van der Waals surface area contributed by atoms with Gasteiger partial charge in [-0.15, -0.1) is 0 Å². The summed E-state index contributed by atoms with van der Waals surface area (Å²) in [6.45, 7) is 4.41. The molecule has 0 radical (unpaired) electrons. The van der Waals surface area contributed by atoms with Gasteiger partial charge in [0.05, 0.1) is 0 Å². The van der Waals surface area contributed by atoms with Gasteiger partial charge in [0, 0.05) is 37.2 Å². The van der Waals surface area contributed by atoms with Gasteiger partial charge in [-0.25, -0.2) is 8.78 Å². The first-order valence-corrected chi connectivity index (χ1v) is 11.2. The summed E-state index contributed by atoms with van der Waals surface area (Å²) >= 11 is 0. The summed E-state index contributed by atoms with van der Waals surface area (Å²) in [6.07, 6.45) is 4.82. The zero-order chi connectivity index (χ0) is 22.4. The highest BCUT2D eigenvalue weighted by atomic mass is 19.1. The van der Waals surface area contributed by atoms with Gasteiger partial charge in [0.25, 0.3) is 0 Å². The summed E-state index contributed by atoms with van der Waals surface area (Å²) in [4.78, 5) is 12.1. The van der Waals surface area contributed by atoms with Crippen LogP contribution >= 0.6 is 0 Å². The van der Waals surface area contributed by atoms with Crippen molar-refractivity contribution in [2.45, 2.75) is 70.5 Å². The lowest BCUT2D eigenvalue weighted by Crippen LogP contribution is -2.53. The molecule has 1 amide bonds. The average molecular weight is 430 g/mol. The summed E-state index contributed by atoms with van der Waals surface area (Å²) in [5.41, 5.74) is 11.0. The lowest BCUT2D eigenvalue weighted by atomic mass is 9.86. The minimum Gasteiger partial charge on any atom is -0.351 e. The van der Waals surface area contributed by atoms with Crippen molar-refractivity contribution in [3.8, 4) is 0 Å². The first-order chi connectivity index (χ1) is 14.9. The molecule has 168 valence electrons. The Morgan fingerprint density at radius 2 is 1.87 bits per heavy atom. The molecule has 4 N–H and O–H groups in total. The second-order valence-corrected chi connectivity index (χ2v) is 8.41. The Hall–Kier alpha value is -2.31. The number of halogens is 2. The van der Waals surface area contributed by atoms with E-state index < -0.39 is 23.7 Å². The van der Waals surface area contributed by atoms with Crippen LogP contribution in [0, 0.1) is 11.6 Å². The van der Waals surface area contributed by atoms with Gasteiger partial charge in [0.1, 0.15) is 11.6 Å². The summed E-state index contributed by atoms with van der Waals surface area (Å²) in [5.74, 6) is -1.39. The van der Waals surface area contributed by atoms with Crippen molar-refractivity contribution in [1.82, 2.24) is 10.6 Å². The molecule has 0 spiro atoms. The molecule has 0 aliphatic heterocycles. The monoisotopic (exact) mass is 429 g/mol. The number of carbonyl (C=O) groups excluding carboxylic acids is 1. The Balaban J connectivity index is 1.70. The molecule has 2 aromatic carbocycles. The van der Waals surface area contributed by atoms with E-state index in [-0.39, 0.29) is 18.4 Å². The molecule has 0 bridgehead atoms. The lowest BCUT2D eigenvalue weighted by Gasteiger charge is -2.31. The van der Waals surface area contributed by atoms with Crippen LogP contribution in [0.25, 0.3) is 0 Å². The maximum Gasteiger partial charge on any atom is 0.219 e. The Morgan fingerprint density at radius 1 is 1.13 bits per heavy atom. The quantitative estimate of drug-likeness (QED) is 0.565. The van der Waals surface area contributed by atoms with Crippen LogP contribution in [0.4, 0.5) is 8.78 Å². The Labute approximate surface area is 183 Å². The first-order valence-electron chi connectivity index (χ1n) is 11.2. The largest absolute Gasteiger partial charge is 0.351 e. The Morgan fingerprint density at radius 3 is 2.55 bits per heavy atom. The molecule has 1 aliphatic carbocycles. The molecule has 2 aromatic rings. The van der Waals surface area contributed by atoms with E-state index in [1.54, 1.807) is 6.92 Å². The van der Waals surface area contributed by atoms with Gasteiger partial charge in [0.15, 0.2) is 0 Å². The molecule has 0 saturated carbocycles. The predicted molar refractivity (Wildman–Crippen MR) is 120 cm³/mol. The second kappa shape index (κ2) is 10.8. The molecule has 0 fully saturated rings. The van der Waals surface area contributed by atoms with Crippen LogP contribution in [0.5, 0.6) is 0 Å². The SMILES string of the molecule is CCC(=O)NC(Cc1cc(F)cc(F)c1)C(N)CNC1CCCc2ccc(CC)cc21. The molecule has 3 atom stereocenters. The van der Waals surface area contributed by atoms with E-state index in [4.69, 9.17) is 5.73 Å². The molecule has 0 saturated heterocycles. The topological polar surface area (TPSA) is 67.2 Å². The van der Waals surface area contributed by atoms with E-state index in [2.05, 4.69) is 35.8 Å². The minimum atomic E-state index is -0.632.